The number of rotatable bonds is 4. The highest BCUT2D eigenvalue weighted by Crippen LogP contribution is 2.35. The van der Waals surface area contributed by atoms with E-state index in [0.29, 0.717) is 13.2 Å². The molecule has 1 aliphatic heterocycles. The monoisotopic (exact) mass is 314 g/mol. The second-order valence-electron chi connectivity index (χ2n) is 4.06. The van der Waals surface area contributed by atoms with Crippen molar-refractivity contribution in [2.75, 3.05) is 13.2 Å². The Labute approximate surface area is 114 Å². The molecule has 0 aliphatic carbocycles. The van der Waals surface area contributed by atoms with Gasteiger partial charge < -0.3 is 14.2 Å². The highest BCUT2D eigenvalue weighted by Gasteiger charge is 2.36. The van der Waals surface area contributed by atoms with Gasteiger partial charge in [0.15, 0.2) is 6.10 Å². The lowest BCUT2D eigenvalue weighted by Gasteiger charge is -2.36. The zero-order valence-corrected chi connectivity index (χ0v) is 11.9. The molecule has 5 heteroatoms. The fourth-order valence-electron chi connectivity index (χ4n) is 1.89. The number of hydrogen-bond acceptors (Lipinski definition) is 4. The van der Waals surface area contributed by atoms with Gasteiger partial charge in [-0.05, 0) is 30.7 Å². The fourth-order valence-corrected chi connectivity index (χ4v) is 2.38. The Bertz CT molecular complexity index is 447. The first kappa shape index (κ1) is 13.4. The maximum absolute atomic E-state index is 10.9. The standard InChI is InChI=1S/C13H15BrO4/c1-3-16-11-5-9(4-10(14)6-11)13-12(7-17-13)18-8(2)15/h4-6,12-13H,3,7H2,1-2H3. The van der Waals surface area contributed by atoms with Crippen LogP contribution in [0.1, 0.15) is 25.5 Å². The van der Waals surface area contributed by atoms with Crippen LogP contribution < -0.4 is 4.74 Å². The number of halogens is 1. The van der Waals surface area contributed by atoms with E-state index in [9.17, 15) is 4.79 Å². The Kier molecular flexibility index (Phi) is 4.24. The molecule has 0 radical (unpaired) electrons. The first-order valence-electron chi connectivity index (χ1n) is 5.82. The molecule has 1 saturated heterocycles. The predicted molar refractivity (Wildman–Crippen MR) is 69.6 cm³/mol. The molecule has 0 saturated carbocycles. The average molecular weight is 315 g/mol. The zero-order chi connectivity index (χ0) is 13.1. The van der Waals surface area contributed by atoms with Crippen LogP contribution in [0.4, 0.5) is 0 Å². The molecule has 1 aliphatic rings. The summed E-state index contributed by atoms with van der Waals surface area (Å²) in [6, 6.07) is 5.75. The summed E-state index contributed by atoms with van der Waals surface area (Å²) in [5, 5.41) is 0. The van der Waals surface area contributed by atoms with Crippen molar-refractivity contribution in [3.8, 4) is 5.75 Å². The molecule has 0 bridgehead atoms. The fraction of sp³-hybridized carbons (Fsp3) is 0.462. The lowest BCUT2D eigenvalue weighted by atomic mass is 10.0. The van der Waals surface area contributed by atoms with Crippen molar-refractivity contribution in [3.63, 3.8) is 0 Å². The minimum absolute atomic E-state index is 0.203. The van der Waals surface area contributed by atoms with Gasteiger partial charge in [0.05, 0.1) is 13.2 Å². The highest BCUT2D eigenvalue weighted by molar-refractivity contribution is 9.10. The largest absolute Gasteiger partial charge is 0.494 e. The highest BCUT2D eigenvalue weighted by atomic mass is 79.9. The van der Waals surface area contributed by atoms with Crippen molar-refractivity contribution >= 4 is 21.9 Å². The normalized spacial score (nSPS) is 22.2. The van der Waals surface area contributed by atoms with Gasteiger partial charge in [0.25, 0.3) is 0 Å². The van der Waals surface area contributed by atoms with Crippen LogP contribution in [-0.2, 0) is 14.3 Å². The molecule has 0 amide bonds. The molecule has 0 N–H and O–H groups in total. The lowest BCUT2D eigenvalue weighted by Crippen LogP contribution is -2.41. The van der Waals surface area contributed by atoms with E-state index in [-0.39, 0.29) is 18.2 Å². The topological polar surface area (TPSA) is 44.8 Å². The summed E-state index contributed by atoms with van der Waals surface area (Å²) < 4.78 is 17.0. The minimum atomic E-state index is -0.284. The Morgan fingerprint density at radius 2 is 2.28 bits per heavy atom. The van der Waals surface area contributed by atoms with Crippen LogP contribution in [0.15, 0.2) is 22.7 Å². The molecule has 18 heavy (non-hydrogen) atoms. The summed E-state index contributed by atoms with van der Waals surface area (Å²) in [6.07, 6.45) is -0.406. The van der Waals surface area contributed by atoms with Crippen molar-refractivity contribution in [1.82, 2.24) is 0 Å². The van der Waals surface area contributed by atoms with Crippen molar-refractivity contribution in [1.29, 1.82) is 0 Å². The molecular formula is C13H15BrO4. The summed E-state index contributed by atoms with van der Waals surface area (Å²) in [6.45, 7) is 4.39. The molecule has 1 aromatic rings. The van der Waals surface area contributed by atoms with E-state index < -0.39 is 0 Å². The third-order valence-corrected chi connectivity index (χ3v) is 3.09. The Morgan fingerprint density at radius 3 is 2.83 bits per heavy atom. The summed E-state index contributed by atoms with van der Waals surface area (Å²) in [7, 11) is 0. The quantitative estimate of drug-likeness (QED) is 0.802. The maximum Gasteiger partial charge on any atom is 0.303 e. The molecular weight excluding hydrogens is 300 g/mol. The number of ether oxygens (including phenoxy) is 3. The van der Waals surface area contributed by atoms with Crippen LogP contribution in [0.25, 0.3) is 0 Å². The van der Waals surface area contributed by atoms with Gasteiger partial charge >= 0.3 is 5.97 Å². The van der Waals surface area contributed by atoms with Gasteiger partial charge in [-0.1, -0.05) is 15.9 Å². The zero-order valence-electron chi connectivity index (χ0n) is 10.3. The number of carbonyl (C=O) groups is 1. The van der Waals surface area contributed by atoms with Gasteiger partial charge in [0, 0.05) is 11.4 Å². The Morgan fingerprint density at radius 1 is 1.50 bits per heavy atom. The van der Waals surface area contributed by atoms with E-state index in [1.165, 1.54) is 6.92 Å². The smallest absolute Gasteiger partial charge is 0.303 e. The second kappa shape index (κ2) is 5.71. The van der Waals surface area contributed by atoms with Crippen molar-refractivity contribution < 1.29 is 19.0 Å². The van der Waals surface area contributed by atoms with Gasteiger partial charge in [-0.3, -0.25) is 4.79 Å². The van der Waals surface area contributed by atoms with Crippen LogP contribution in [-0.4, -0.2) is 25.3 Å². The molecule has 1 fully saturated rings. The molecule has 4 nitrogen and oxygen atoms in total. The number of benzene rings is 1. The SMILES string of the molecule is CCOc1cc(Br)cc(C2OCC2OC(C)=O)c1. The first-order valence-corrected chi connectivity index (χ1v) is 6.61. The Hall–Kier alpha value is -1.07. The van der Waals surface area contributed by atoms with E-state index in [1.54, 1.807) is 0 Å². The molecule has 1 heterocycles. The molecule has 2 rings (SSSR count). The second-order valence-corrected chi connectivity index (χ2v) is 4.97. The molecule has 0 spiro atoms. The first-order chi connectivity index (χ1) is 8.60. The van der Waals surface area contributed by atoms with E-state index in [0.717, 1.165) is 15.8 Å². The number of carbonyl (C=O) groups excluding carboxylic acids is 1. The van der Waals surface area contributed by atoms with Gasteiger partial charge in [-0.15, -0.1) is 0 Å². The van der Waals surface area contributed by atoms with E-state index in [2.05, 4.69) is 15.9 Å². The van der Waals surface area contributed by atoms with E-state index in [1.807, 2.05) is 25.1 Å². The molecule has 98 valence electrons. The third kappa shape index (κ3) is 3.03. The lowest BCUT2D eigenvalue weighted by molar-refractivity contribution is -0.198. The van der Waals surface area contributed by atoms with Crippen LogP contribution >= 0.6 is 15.9 Å². The molecule has 1 aromatic carbocycles. The molecule has 2 atom stereocenters. The van der Waals surface area contributed by atoms with Crippen molar-refractivity contribution in [2.45, 2.75) is 26.1 Å². The van der Waals surface area contributed by atoms with Gasteiger partial charge in [0.2, 0.25) is 0 Å². The number of esters is 1. The molecule has 2 unspecified atom stereocenters. The Balaban J connectivity index is 2.15. The summed E-state index contributed by atoms with van der Waals surface area (Å²) in [4.78, 5) is 10.9. The van der Waals surface area contributed by atoms with Crippen molar-refractivity contribution in [2.24, 2.45) is 0 Å². The van der Waals surface area contributed by atoms with Crippen LogP contribution in [0.5, 0.6) is 5.75 Å². The average Bonchev–Trinajstić information content (AvgIpc) is 2.24. The van der Waals surface area contributed by atoms with Crippen LogP contribution in [0, 0.1) is 0 Å². The van der Waals surface area contributed by atoms with E-state index in [4.69, 9.17) is 14.2 Å². The van der Waals surface area contributed by atoms with Gasteiger partial charge in [0.1, 0.15) is 11.9 Å². The minimum Gasteiger partial charge on any atom is -0.494 e. The van der Waals surface area contributed by atoms with Gasteiger partial charge in [-0.2, -0.15) is 0 Å². The predicted octanol–water partition coefficient (Wildman–Crippen LogP) is 2.85. The third-order valence-electron chi connectivity index (χ3n) is 2.63. The molecule has 0 aromatic heterocycles. The van der Waals surface area contributed by atoms with Crippen LogP contribution in [0.2, 0.25) is 0 Å². The summed E-state index contributed by atoms with van der Waals surface area (Å²) in [5.41, 5.74) is 0.949. The van der Waals surface area contributed by atoms with E-state index >= 15 is 0 Å². The van der Waals surface area contributed by atoms with Crippen molar-refractivity contribution in [3.05, 3.63) is 28.2 Å². The maximum atomic E-state index is 10.9. The summed E-state index contributed by atoms with van der Waals surface area (Å²) in [5.74, 6) is 0.493. The van der Waals surface area contributed by atoms with Crippen LogP contribution in [0.3, 0.4) is 0 Å². The summed E-state index contributed by atoms with van der Waals surface area (Å²) >= 11 is 3.43. The number of hydrogen-bond donors (Lipinski definition) is 0. The van der Waals surface area contributed by atoms with Gasteiger partial charge in [-0.25, -0.2) is 0 Å².